The van der Waals surface area contributed by atoms with Gasteiger partial charge in [-0.2, -0.15) is 0 Å². The number of benzene rings is 1. The molecule has 2 aromatic rings. The van der Waals surface area contributed by atoms with E-state index in [4.69, 9.17) is 17.2 Å². The normalized spacial score (nSPS) is 22.3. The van der Waals surface area contributed by atoms with Crippen molar-refractivity contribution in [3.63, 3.8) is 0 Å². The summed E-state index contributed by atoms with van der Waals surface area (Å²) < 4.78 is 0. The maximum Gasteiger partial charge on any atom is 0.303 e. The molecule has 0 bridgehead atoms. The highest BCUT2D eigenvalue weighted by Crippen LogP contribution is 2.29. The van der Waals surface area contributed by atoms with Crippen molar-refractivity contribution in [3.05, 3.63) is 47.8 Å². The van der Waals surface area contributed by atoms with Crippen molar-refractivity contribution in [2.45, 2.75) is 196 Å². The number of aliphatic imine (C=N–C) groups is 2. The van der Waals surface area contributed by atoms with E-state index in [0.717, 1.165) is 35.4 Å². The van der Waals surface area contributed by atoms with Gasteiger partial charge in [-0.25, -0.2) is 0 Å². The highest BCUT2D eigenvalue weighted by atomic mass is 33.1. The first kappa shape index (κ1) is 87.2. The standard InChI is InChI=1S/C68H97N19O20S2/c1-36(88)41(18-21-55(92)93)80-62(102)45(19-22-56(94)95)81-61(101)44(14-5-6-24-69)83-65(105)51-16-9-27-86(51)67(107)52-17-10-28-87(52)66(106)50-35-109-108-34-49(77-37(2)89)64(104)82-46(20-23-57(96)97)63(103)85-48(30-39-11-7-25-72-39)59(99)76-32-53(90)78-43(15-8-26-73-68(70)71)60(100)84-47(58(98)75-33-54(91)79-50)29-38-31-74-42-13-4-3-12-40(38)42/h3-4,11-13,25,31,41,43-52,74H,5-10,14-24,26-30,32-35,69H2,1-2H3,(H,75,98)(H,76,99)(H,77,89)(H,78,90)(H,79,91)(H,80,102)(H,81,101)(H,82,104)(H,83,105)(H,84,100)(H,85,103)(H,92,93)(H,94,95)(H,96,97)(H4,70,71,73)/t41-,43-,44-,45-,46-,47-,48-,49-,50-,51-,52-/m0/s1. The van der Waals surface area contributed by atoms with Gasteiger partial charge in [0.1, 0.15) is 60.4 Å². The van der Waals surface area contributed by atoms with Crippen LogP contribution < -0.4 is 75.7 Å². The lowest BCUT2D eigenvalue weighted by atomic mass is 10.0. The monoisotopic (exact) mass is 1560 g/mol. The molecule has 39 nitrogen and oxygen atoms in total. The van der Waals surface area contributed by atoms with Gasteiger partial charge in [-0.05, 0) is 102 Å². The molecule has 21 N–H and O–H groups in total. The number of nitrogens with two attached hydrogens (primary N) is 3. The number of likely N-dealkylation sites (tertiary alicyclic amines) is 2. The number of guanidine groups is 1. The first-order valence-corrected chi connectivity index (χ1v) is 38.2. The highest BCUT2D eigenvalue weighted by Gasteiger charge is 2.45. The van der Waals surface area contributed by atoms with Gasteiger partial charge >= 0.3 is 17.9 Å². The number of ketones is 1. The van der Waals surface area contributed by atoms with Crippen LogP contribution >= 0.6 is 21.6 Å². The minimum atomic E-state index is -1.67. The number of allylic oxidation sites excluding steroid dienone is 1. The number of carbonyl (C=O) groups is 17. The van der Waals surface area contributed by atoms with Crippen LogP contribution in [0, 0.1) is 0 Å². The SMILES string of the molecule is CC(=O)N[C@H]1CSSC[C@@H](C(=O)N2CCC[C@H]2C(=O)N2CCC[C@H]2C(=O)N[C@@H](CCCCN)C(=O)N[C@@H](CCC(=O)O)C(=O)N[C@@H](CCC(=O)O)C(C)=O)NC(=O)CNC(=O)[C@H](Cc2c[nH]c3ccccc23)NC(=O)[C@H](CCCN=C(N)N)NC(=O)CNC(=O)[C@H](CC2=CCC=N2)NC(=O)[C@H](CCC(=O)O)NC1=O. The number of nitrogens with zero attached hydrogens (tertiary/aromatic N) is 4. The van der Waals surface area contributed by atoms with Gasteiger partial charge in [0.05, 0.1) is 19.1 Å². The Labute approximate surface area is 634 Å². The molecule has 4 aliphatic rings. The number of amides is 13. The average Bonchev–Trinajstić information content (AvgIpc) is 1.68. The summed E-state index contributed by atoms with van der Waals surface area (Å²) in [6.45, 7) is 0.666. The molecule has 0 unspecified atom stereocenters. The quantitative estimate of drug-likeness (QED) is 0.0147. The molecule has 109 heavy (non-hydrogen) atoms. The molecular weight excluding hydrogens is 1470 g/mol. The van der Waals surface area contributed by atoms with E-state index >= 15 is 4.79 Å². The number of hydrogen-bond acceptors (Lipinski definition) is 22. The molecule has 3 saturated heterocycles. The van der Waals surface area contributed by atoms with Crippen molar-refractivity contribution >= 4 is 145 Å². The zero-order chi connectivity index (χ0) is 79.9. The van der Waals surface area contributed by atoms with Crippen LogP contribution in [0.1, 0.15) is 129 Å². The third kappa shape index (κ3) is 28.4. The van der Waals surface area contributed by atoms with E-state index in [2.05, 4.69) is 73.5 Å². The second-order valence-corrected chi connectivity index (χ2v) is 28.9. The summed E-state index contributed by atoms with van der Waals surface area (Å²) in [7, 11) is 1.81. The van der Waals surface area contributed by atoms with E-state index in [1.807, 2.05) is 0 Å². The molecule has 6 rings (SSSR count). The van der Waals surface area contributed by atoms with Crippen LogP contribution in [0.15, 0.2) is 52.2 Å². The minimum Gasteiger partial charge on any atom is -0.481 e. The summed E-state index contributed by atoms with van der Waals surface area (Å²) in [5, 5.41) is 57.1. The summed E-state index contributed by atoms with van der Waals surface area (Å²) in [5.74, 6) is -17.2. The summed E-state index contributed by atoms with van der Waals surface area (Å²) in [6.07, 6.45) is 2.71. The van der Waals surface area contributed by atoms with Crippen molar-refractivity contribution in [3.8, 4) is 0 Å². The molecule has 1 aromatic heterocycles. The molecule has 0 spiro atoms. The van der Waals surface area contributed by atoms with Gasteiger partial charge in [-0.3, -0.25) is 91.5 Å². The Hall–Kier alpha value is -10.7. The molecule has 0 saturated carbocycles. The van der Waals surface area contributed by atoms with E-state index in [1.165, 1.54) is 16.0 Å². The maximum atomic E-state index is 15.2. The Morgan fingerprint density at radius 2 is 1.19 bits per heavy atom. The number of para-hydroxylation sites is 1. The Morgan fingerprint density at radius 3 is 1.80 bits per heavy atom. The van der Waals surface area contributed by atoms with Gasteiger partial charge in [0.15, 0.2) is 11.7 Å². The number of Topliss-reactive ketones (excluding diaryl/α,β-unsaturated/α-hetero) is 1. The van der Waals surface area contributed by atoms with Crippen LogP contribution in [0.25, 0.3) is 10.9 Å². The van der Waals surface area contributed by atoms with Gasteiger partial charge in [0.2, 0.25) is 76.8 Å². The van der Waals surface area contributed by atoms with Crippen molar-refractivity contribution in [2.75, 3.05) is 50.8 Å². The van der Waals surface area contributed by atoms with Crippen molar-refractivity contribution < 1.29 is 96.8 Å². The maximum absolute atomic E-state index is 15.2. The van der Waals surface area contributed by atoms with Gasteiger partial charge < -0.3 is 106 Å². The summed E-state index contributed by atoms with van der Waals surface area (Å²) in [6, 6.07) is -8.93. The lowest BCUT2D eigenvalue weighted by Crippen LogP contribution is -2.59. The molecule has 5 heterocycles. The molecular formula is C68H97N19O20S2. The number of H-pyrrole nitrogens is 1. The molecule has 1 aromatic carbocycles. The molecule has 41 heteroatoms. The average molecular weight is 1560 g/mol. The second kappa shape index (κ2) is 43.9. The summed E-state index contributed by atoms with van der Waals surface area (Å²) in [5.41, 5.74) is 18.4. The van der Waals surface area contributed by atoms with E-state index in [1.54, 1.807) is 36.5 Å². The van der Waals surface area contributed by atoms with Gasteiger partial charge in [-0.1, -0.05) is 45.9 Å². The first-order valence-electron chi connectivity index (χ1n) is 35.7. The molecule has 4 aliphatic heterocycles. The third-order valence-corrected chi connectivity index (χ3v) is 20.5. The van der Waals surface area contributed by atoms with Gasteiger partial charge in [0.25, 0.3) is 0 Å². The fraction of sp³-hybridized carbons (Fsp3) is 0.574. The van der Waals surface area contributed by atoms with E-state index in [0.29, 0.717) is 35.0 Å². The van der Waals surface area contributed by atoms with Crippen LogP contribution in [0.4, 0.5) is 0 Å². The Balaban J connectivity index is 1.31. The second-order valence-electron chi connectivity index (χ2n) is 26.4. The van der Waals surface area contributed by atoms with E-state index in [-0.39, 0.29) is 114 Å². The number of hydrogen-bond donors (Lipinski definition) is 18. The number of carboxylic acids is 3. The highest BCUT2D eigenvalue weighted by molar-refractivity contribution is 8.76. The van der Waals surface area contributed by atoms with Crippen LogP contribution in [-0.2, 0) is 87.9 Å². The molecule has 596 valence electrons. The van der Waals surface area contributed by atoms with Crippen LogP contribution in [0.5, 0.6) is 0 Å². The summed E-state index contributed by atoms with van der Waals surface area (Å²) in [4.78, 5) is 246. The molecule has 3 fully saturated rings. The first-order chi connectivity index (χ1) is 51.9. The number of aliphatic carboxylic acids is 3. The largest absolute Gasteiger partial charge is 0.481 e. The predicted molar refractivity (Wildman–Crippen MR) is 395 cm³/mol. The Bertz CT molecular complexity index is 3780. The number of rotatable bonds is 31. The topological polar surface area (TPSA) is 608 Å². The molecule has 0 radical (unpaired) electrons. The fourth-order valence-corrected chi connectivity index (χ4v) is 14.8. The van der Waals surface area contributed by atoms with Gasteiger partial charge in [-0.15, -0.1) is 0 Å². The number of aromatic amines is 1. The lowest BCUT2D eigenvalue weighted by molar-refractivity contribution is -0.148. The zero-order valence-corrected chi connectivity index (χ0v) is 62.0. The minimum absolute atomic E-state index is 0.00138. The molecule has 0 aliphatic carbocycles. The van der Waals surface area contributed by atoms with Crippen molar-refractivity contribution in [1.82, 2.24) is 73.3 Å². The summed E-state index contributed by atoms with van der Waals surface area (Å²) >= 11 is 0. The number of nitrogens with one attached hydrogen (secondary N) is 12. The fourth-order valence-electron chi connectivity index (χ4n) is 12.5. The number of carbonyl (C=O) groups excluding carboxylic acids is 14. The number of unbranched alkanes of at least 4 members (excludes halogenated alkanes) is 1. The van der Waals surface area contributed by atoms with E-state index in [9.17, 15) is 92.0 Å². The van der Waals surface area contributed by atoms with E-state index < -0.39 is 212 Å². The smallest absolute Gasteiger partial charge is 0.303 e. The third-order valence-electron chi connectivity index (χ3n) is 18.1. The van der Waals surface area contributed by atoms with Crippen molar-refractivity contribution in [2.24, 2.45) is 27.2 Å². The number of carboxylic acid groups (broad SMARTS) is 3. The number of aromatic nitrogens is 1. The number of fused-ring (bicyclic) bond motifs is 1. The predicted octanol–water partition coefficient (Wildman–Crippen LogP) is -4.18. The van der Waals surface area contributed by atoms with Gasteiger partial charge in [0, 0.05) is 106 Å². The Kier molecular flexibility index (Phi) is 35.1. The zero-order valence-electron chi connectivity index (χ0n) is 60.4. The van der Waals surface area contributed by atoms with Crippen molar-refractivity contribution in [1.29, 1.82) is 0 Å². The molecule has 13 amide bonds. The Morgan fingerprint density at radius 1 is 0.624 bits per heavy atom. The van der Waals surface area contributed by atoms with Crippen LogP contribution in [0.3, 0.4) is 0 Å². The van der Waals surface area contributed by atoms with Crippen LogP contribution in [0.2, 0.25) is 0 Å². The lowest BCUT2D eigenvalue weighted by Gasteiger charge is -2.33. The van der Waals surface area contributed by atoms with Crippen LogP contribution in [-0.4, -0.2) is 260 Å². The molecule has 11 atom stereocenters.